The first-order valence-electron chi connectivity index (χ1n) is 6.12. The molecule has 2 amide bonds. The Morgan fingerprint density at radius 3 is 2.39 bits per heavy atom. The van der Waals surface area contributed by atoms with Crippen LogP contribution in [0.4, 0.5) is 0 Å². The average molecular weight is 269 g/mol. The van der Waals surface area contributed by atoms with E-state index in [0.29, 0.717) is 6.54 Å². The number of nitriles is 1. The molecule has 0 aromatic heterocycles. The van der Waals surface area contributed by atoms with Crippen molar-refractivity contribution in [3.63, 3.8) is 0 Å². The Morgan fingerprint density at radius 2 is 1.83 bits per heavy atom. The van der Waals surface area contributed by atoms with E-state index < -0.39 is 11.8 Å². The Kier molecular flexibility index (Phi) is 5.99. The molecule has 0 bridgehead atoms. The Morgan fingerprint density at radius 1 is 1.22 bits per heavy atom. The van der Waals surface area contributed by atoms with Gasteiger partial charge in [-0.3, -0.25) is 9.59 Å². The molecule has 0 heterocycles. The van der Waals surface area contributed by atoms with Gasteiger partial charge in [0, 0.05) is 11.3 Å². The number of nitrogens with zero attached hydrogens (tertiary/aromatic N) is 1. The number of nitrogens with one attached hydrogen (secondary N) is 2. The first-order chi connectivity index (χ1) is 8.63. The van der Waals surface area contributed by atoms with Crippen LogP contribution < -0.4 is 10.6 Å². The van der Waals surface area contributed by atoms with E-state index in [1.54, 1.807) is 17.8 Å². The van der Waals surface area contributed by atoms with Crippen LogP contribution in [0.1, 0.15) is 32.1 Å². The van der Waals surface area contributed by atoms with Gasteiger partial charge in [-0.05, 0) is 19.1 Å². The molecule has 100 valence electrons. The van der Waals surface area contributed by atoms with Crippen molar-refractivity contribution in [2.24, 2.45) is 0 Å². The fraction of sp³-hybridized carbons (Fsp3) is 0.750. The van der Waals surface area contributed by atoms with Crippen LogP contribution >= 0.6 is 11.8 Å². The van der Waals surface area contributed by atoms with E-state index in [-0.39, 0.29) is 11.3 Å². The number of rotatable bonds is 4. The molecule has 0 aromatic carbocycles. The number of amides is 2. The van der Waals surface area contributed by atoms with Crippen LogP contribution in [-0.2, 0) is 9.59 Å². The SMILES string of the molecule is CSC1(CNC(=O)C(=O)NCC#N)CCCCC1. The van der Waals surface area contributed by atoms with Crippen LogP contribution in [0.3, 0.4) is 0 Å². The molecule has 0 unspecified atom stereocenters. The van der Waals surface area contributed by atoms with Crippen molar-refractivity contribution >= 4 is 23.6 Å². The van der Waals surface area contributed by atoms with Crippen LogP contribution in [0.15, 0.2) is 0 Å². The topological polar surface area (TPSA) is 82.0 Å². The highest BCUT2D eigenvalue weighted by molar-refractivity contribution is 8.00. The van der Waals surface area contributed by atoms with Gasteiger partial charge in [0.15, 0.2) is 0 Å². The molecule has 1 aliphatic carbocycles. The summed E-state index contributed by atoms with van der Waals surface area (Å²) in [6.45, 7) is 0.382. The van der Waals surface area contributed by atoms with Crippen molar-refractivity contribution in [3.8, 4) is 6.07 Å². The number of carbonyl (C=O) groups is 2. The van der Waals surface area contributed by atoms with Crippen molar-refractivity contribution in [3.05, 3.63) is 0 Å². The van der Waals surface area contributed by atoms with Crippen LogP contribution in [0.2, 0.25) is 0 Å². The number of hydrogen-bond acceptors (Lipinski definition) is 4. The van der Waals surface area contributed by atoms with Gasteiger partial charge in [-0.1, -0.05) is 19.3 Å². The lowest BCUT2D eigenvalue weighted by atomic mass is 9.88. The molecule has 1 fully saturated rings. The van der Waals surface area contributed by atoms with E-state index in [9.17, 15) is 9.59 Å². The minimum absolute atomic E-state index is 0.0728. The molecule has 0 aliphatic heterocycles. The molecule has 0 aromatic rings. The van der Waals surface area contributed by atoms with Crippen molar-refractivity contribution < 1.29 is 9.59 Å². The third kappa shape index (κ3) is 4.22. The van der Waals surface area contributed by atoms with Gasteiger partial charge in [0.1, 0.15) is 6.54 Å². The summed E-state index contributed by atoms with van der Waals surface area (Å²) in [5.41, 5.74) is 0. The van der Waals surface area contributed by atoms with E-state index in [1.165, 1.54) is 19.3 Å². The van der Waals surface area contributed by atoms with Gasteiger partial charge in [0.25, 0.3) is 0 Å². The summed E-state index contributed by atoms with van der Waals surface area (Å²) < 4.78 is 0.0728. The molecule has 0 atom stereocenters. The molecule has 0 saturated heterocycles. The minimum atomic E-state index is -0.733. The third-order valence-electron chi connectivity index (χ3n) is 3.30. The summed E-state index contributed by atoms with van der Waals surface area (Å²) in [6, 6.07) is 1.76. The van der Waals surface area contributed by atoms with Gasteiger partial charge >= 0.3 is 11.8 Å². The van der Waals surface area contributed by atoms with E-state index in [4.69, 9.17) is 5.26 Å². The van der Waals surface area contributed by atoms with Crippen molar-refractivity contribution in [1.82, 2.24) is 10.6 Å². The average Bonchev–Trinajstić information content (AvgIpc) is 2.43. The summed E-state index contributed by atoms with van der Waals surface area (Å²) in [7, 11) is 0. The zero-order valence-electron chi connectivity index (χ0n) is 10.6. The monoisotopic (exact) mass is 269 g/mol. The van der Waals surface area contributed by atoms with Crippen molar-refractivity contribution in [2.75, 3.05) is 19.3 Å². The maximum Gasteiger partial charge on any atom is 0.310 e. The molecule has 1 saturated carbocycles. The number of hydrogen-bond donors (Lipinski definition) is 2. The van der Waals surface area contributed by atoms with E-state index in [1.807, 2.05) is 6.26 Å². The quantitative estimate of drug-likeness (QED) is 0.584. The number of thioether (sulfide) groups is 1. The van der Waals surface area contributed by atoms with Gasteiger partial charge in [-0.25, -0.2) is 0 Å². The molecule has 0 spiro atoms. The second-order valence-corrected chi connectivity index (χ2v) is 5.75. The molecule has 1 rings (SSSR count). The zero-order valence-corrected chi connectivity index (χ0v) is 11.4. The van der Waals surface area contributed by atoms with Crippen LogP contribution in [0, 0.1) is 11.3 Å². The fourth-order valence-electron chi connectivity index (χ4n) is 2.17. The standard InChI is InChI=1S/C12H19N3O2S/c1-18-12(5-3-2-4-6-12)9-15-11(17)10(16)14-8-7-13/h2-6,8-9H2,1H3,(H,14,16)(H,15,17). The second kappa shape index (κ2) is 7.27. The summed E-state index contributed by atoms with van der Waals surface area (Å²) in [5.74, 6) is -1.38. The molecule has 0 radical (unpaired) electrons. The Balaban J connectivity index is 2.40. The van der Waals surface area contributed by atoms with Gasteiger partial charge in [0.05, 0.1) is 6.07 Å². The van der Waals surface area contributed by atoms with Crippen molar-refractivity contribution in [2.45, 2.75) is 36.9 Å². The predicted molar refractivity (Wildman–Crippen MR) is 71.0 cm³/mol. The first kappa shape index (κ1) is 14.8. The number of carbonyl (C=O) groups excluding carboxylic acids is 2. The lowest BCUT2D eigenvalue weighted by Gasteiger charge is -2.35. The maximum absolute atomic E-state index is 11.5. The summed E-state index contributed by atoms with van der Waals surface area (Å²) in [4.78, 5) is 22.8. The highest BCUT2D eigenvalue weighted by Crippen LogP contribution is 2.37. The van der Waals surface area contributed by atoms with Gasteiger partial charge in [0.2, 0.25) is 0 Å². The second-order valence-electron chi connectivity index (χ2n) is 4.47. The van der Waals surface area contributed by atoms with E-state index >= 15 is 0 Å². The Labute approximate surface area is 112 Å². The lowest BCUT2D eigenvalue weighted by molar-refractivity contribution is -0.139. The summed E-state index contributed by atoms with van der Waals surface area (Å²) in [6.07, 6.45) is 7.81. The fourth-order valence-corrected chi connectivity index (χ4v) is 3.08. The van der Waals surface area contributed by atoms with Gasteiger partial charge in [-0.2, -0.15) is 17.0 Å². The minimum Gasteiger partial charge on any atom is -0.346 e. The maximum atomic E-state index is 11.5. The van der Waals surface area contributed by atoms with E-state index in [0.717, 1.165) is 12.8 Å². The Bertz CT molecular complexity index is 346. The molecule has 5 nitrogen and oxygen atoms in total. The first-order valence-corrected chi connectivity index (χ1v) is 7.34. The van der Waals surface area contributed by atoms with Crippen LogP contribution in [-0.4, -0.2) is 35.9 Å². The van der Waals surface area contributed by atoms with Gasteiger partial charge < -0.3 is 10.6 Å². The molecule has 6 heteroatoms. The largest absolute Gasteiger partial charge is 0.346 e. The van der Waals surface area contributed by atoms with E-state index in [2.05, 4.69) is 10.6 Å². The molecule has 1 aliphatic rings. The third-order valence-corrected chi connectivity index (χ3v) is 4.72. The highest BCUT2D eigenvalue weighted by atomic mass is 32.2. The summed E-state index contributed by atoms with van der Waals surface area (Å²) >= 11 is 1.77. The molecule has 2 N–H and O–H groups in total. The molecular formula is C12H19N3O2S. The van der Waals surface area contributed by atoms with Crippen LogP contribution in [0.5, 0.6) is 0 Å². The van der Waals surface area contributed by atoms with Crippen molar-refractivity contribution in [1.29, 1.82) is 5.26 Å². The summed E-state index contributed by atoms with van der Waals surface area (Å²) in [5, 5.41) is 13.2. The zero-order chi connectivity index (χ0) is 13.4. The van der Waals surface area contributed by atoms with Crippen LogP contribution in [0.25, 0.3) is 0 Å². The Hall–Kier alpha value is -1.22. The smallest absolute Gasteiger partial charge is 0.310 e. The molecular weight excluding hydrogens is 250 g/mol. The highest BCUT2D eigenvalue weighted by Gasteiger charge is 2.32. The van der Waals surface area contributed by atoms with Gasteiger partial charge in [-0.15, -0.1) is 0 Å². The lowest BCUT2D eigenvalue weighted by Crippen LogP contribution is -2.47. The molecule has 18 heavy (non-hydrogen) atoms. The normalized spacial score (nSPS) is 17.6. The predicted octanol–water partition coefficient (Wildman–Crippen LogP) is 0.808.